The lowest BCUT2D eigenvalue weighted by Gasteiger charge is -2.23. The highest BCUT2D eigenvalue weighted by molar-refractivity contribution is 5.27. The minimum absolute atomic E-state index is 0.332. The number of rotatable bonds is 8. The average molecular weight is 292 g/mol. The molecule has 0 amide bonds. The zero-order valence-electron chi connectivity index (χ0n) is 13.2. The summed E-state index contributed by atoms with van der Waals surface area (Å²) in [5, 5.41) is 13.3. The van der Waals surface area contributed by atoms with E-state index < -0.39 is 6.10 Å². The van der Waals surface area contributed by atoms with Crippen LogP contribution in [0.15, 0.2) is 24.3 Å². The third kappa shape index (κ3) is 5.30. The quantitative estimate of drug-likeness (QED) is 0.767. The summed E-state index contributed by atoms with van der Waals surface area (Å²) in [5.74, 6) is 0.821. The average Bonchev–Trinajstić information content (AvgIpc) is 2.93. The van der Waals surface area contributed by atoms with Crippen LogP contribution in [0.1, 0.15) is 25.3 Å². The Morgan fingerprint density at radius 2 is 2.33 bits per heavy atom. The fourth-order valence-corrected chi connectivity index (χ4v) is 2.92. The molecule has 0 radical (unpaired) electrons. The molecular weight excluding hydrogens is 264 g/mol. The van der Waals surface area contributed by atoms with Gasteiger partial charge < -0.3 is 15.2 Å². The first-order valence-electron chi connectivity index (χ1n) is 8.01. The van der Waals surface area contributed by atoms with Gasteiger partial charge >= 0.3 is 0 Å². The standard InChI is InChI=1S/C17H28N2O2/c1-3-19-9-5-7-15(19)11-18-12-16(20)13-21-17-8-4-6-14(2)10-17/h4,6,8,10,15-16,18,20H,3,5,7,9,11-13H2,1-2H3/t15-,16+/m1/s1. The first kappa shape index (κ1) is 16.3. The van der Waals surface area contributed by atoms with Crippen molar-refractivity contribution in [2.75, 3.05) is 32.8 Å². The van der Waals surface area contributed by atoms with Crippen molar-refractivity contribution in [2.45, 2.75) is 38.8 Å². The van der Waals surface area contributed by atoms with Crippen molar-refractivity contribution in [1.82, 2.24) is 10.2 Å². The van der Waals surface area contributed by atoms with Gasteiger partial charge in [0.1, 0.15) is 18.5 Å². The molecule has 1 aliphatic heterocycles. The molecule has 0 aromatic heterocycles. The van der Waals surface area contributed by atoms with Gasteiger partial charge in [0.15, 0.2) is 0 Å². The molecule has 2 rings (SSSR count). The van der Waals surface area contributed by atoms with Gasteiger partial charge in [0, 0.05) is 19.1 Å². The number of nitrogens with one attached hydrogen (secondary N) is 1. The minimum Gasteiger partial charge on any atom is -0.491 e. The smallest absolute Gasteiger partial charge is 0.119 e. The van der Waals surface area contributed by atoms with Crippen molar-refractivity contribution < 1.29 is 9.84 Å². The second-order valence-corrected chi connectivity index (χ2v) is 5.86. The predicted octanol–water partition coefficient (Wildman–Crippen LogP) is 1.81. The number of hydrogen-bond acceptors (Lipinski definition) is 4. The second kappa shape index (κ2) is 8.37. The molecule has 1 heterocycles. The molecule has 0 saturated carbocycles. The normalized spacial score (nSPS) is 20.6. The molecule has 118 valence electrons. The fourth-order valence-electron chi connectivity index (χ4n) is 2.92. The Bertz CT molecular complexity index is 425. The Morgan fingerprint density at radius 3 is 3.10 bits per heavy atom. The Balaban J connectivity index is 1.62. The van der Waals surface area contributed by atoms with Crippen LogP contribution in [0.4, 0.5) is 0 Å². The van der Waals surface area contributed by atoms with E-state index in [0.29, 0.717) is 19.2 Å². The first-order valence-corrected chi connectivity index (χ1v) is 8.01. The topological polar surface area (TPSA) is 44.7 Å². The van der Waals surface area contributed by atoms with Crippen molar-refractivity contribution in [3.8, 4) is 5.75 Å². The van der Waals surface area contributed by atoms with Crippen molar-refractivity contribution in [3.63, 3.8) is 0 Å². The van der Waals surface area contributed by atoms with Gasteiger partial charge in [-0.2, -0.15) is 0 Å². The minimum atomic E-state index is -0.470. The van der Waals surface area contributed by atoms with Crippen LogP contribution in [-0.2, 0) is 0 Å². The van der Waals surface area contributed by atoms with E-state index in [-0.39, 0.29) is 0 Å². The van der Waals surface area contributed by atoms with Gasteiger partial charge in [0.2, 0.25) is 0 Å². The number of benzene rings is 1. The largest absolute Gasteiger partial charge is 0.491 e. The van der Waals surface area contributed by atoms with Crippen LogP contribution < -0.4 is 10.1 Å². The first-order chi connectivity index (χ1) is 10.2. The highest BCUT2D eigenvalue weighted by atomic mass is 16.5. The van der Waals surface area contributed by atoms with Gasteiger partial charge in [-0.25, -0.2) is 0 Å². The van der Waals surface area contributed by atoms with Gasteiger partial charge in [-0.1, -0.05) is 19.1 Å². The molecular formula is C17H28N2O2. The van der Waals surface area contributed by atoms with Crippen molar-refractivity contribution in [1.29, 1.82) is 0 Å². The van der Waals surface area contributed by atoms with E-state index in [1.807, 2.05) is 31.2 Å². The molecule has 1 aliphatic rings. The molecule has 2 atom stereocenters. The maximum Gasteiger partial charge on any atom is 0.119 e. The van der Waals surface area contributed by atoms with Gasteiger partial charge in [-0.15, -0.1) is 0 Å². The molecule has 0 unspecified atom stereocenters. The van der Waals surface area contributed by atoms with Crippen molar-refractivity contribution in [2.24, 2.45) is 0 Å². The summed E-state index contributed by atoms with van der Waals surface area (Å²) >= 11 is 0. The van der Waals surface area contributed by atoms with Crippen molar-refractivity contribution in [3.05, 3.63) is 29.8 Å². The molecule has 0 aliphatic carbocycles. The zero-order chi connectivity index (χ0) is 15.1. The maximum absolute atomic E-state index is 9.98. The summed E-state index contributed by atoms with van der Waals surface area (Å²) in [7, 11) is 0. The summed E-state index contributed by atoms with van der Waals surface area (Å²) in [6, 6.07) is 8.53. The third-order valence-electron chi connectivity index (χ3n) is 4.10. The Morgan fingerprint density at radius 1 is 1.48 bits per heavy atom. The van der Waals surface area contributed by atoms with Crippen LogP contribution in [0.2, 0.25) is 0 Å². The van der Waals surface area contributed by atoms with Crippen LogP contribution in [0, 0.1) is 6.92 Å². The number of aryl methyl sites for hydroxylation is 1. The molecule has 21 heavy (non-hydrogen) atoms. The van der Waals surface area contributed by atoms with E-state index >= 15 is 0 Å². The lowest BCUT2D eigenvalue weighted by molar-refractivity contribution is 0.104. The summed E-state index contributed by atoms with van der Waals surface area (Å²) in [6.07, 6.45) is 2.08. The van der Waals surface area contributed by atoms with Crippen LogP contribution in [0.5, 0.6) is 5.75 Å². The van der Waals surface area contributed by atoms with Gasteiger partial charge in [-0.3, -0.25) is 4.90 Å². The van der Waals surface area contributed by atoms with Crippen molar-refractivity contribution >= 4 is 0 Å². The molecule has 0 bridgehead atoms. The monoisotopic (exact) mass is 292 g/mol. The van der Waals surface area contributed by atoms with Crippen LogP contribution in [-0.4, -0.2) is 54.9 Å². The lowest BCUT2D eigenvalue weighted by Crippen LogP contribution is -2.41. The van der Waals surface area contributed by atoms with E-state index in [4.69, 9.17) is 4.74 Å². The molecule has 1 aromatic rings. The molecule has 0 spiro atoms. The van der Waals surface area contributed by atoms with Crippen LogP contribution in [0.3, 0.4) is 0 Å². The van der Waals surface area contributed by atoms with Gasteiger partial charge in [-0.05, 0) is 50.6 Å². The molecule has 1 saturated heterocycles. The fraction of sp³-hybridized carbons (Fsp3) is 0.647. The number of likely N-dealkylation sites (tertiary alicyclic amines) is 1. The summed E-state index contributed by atoms with van der Waals surface area (Å²) in [5.41, 5.74) is 1.17. The highest BCUT2D eigenvalue weighted by Crippen LogP contribution is 2.15. The van der Waals surface area contributed by atoms with Gasteiger partial charge in [0.25, 0.3) is 0 Å². The summed E-state index contributed by atoms with van der Waals surface area (Å²) in [6.45, 7) is 8.44. The number of nitrogens with zero attached hydrogens (tertiary/aromatic N) is 1. The SMILES string of the molecule is CCN1CCC[C@@H]1CNC[C@H](O)COc1cccc(C)c1. The molecule has 1 fully saturated rings. The second-order valence-electron chi connectivity index (χ2n) is 5.86. The Hall–Kier alpha value is -1.10. The highest BCUT2D eigenvalue weighted by Gasteiger charge is 2.22. The summed E-state index contributed by atoms with van der Waals surface area (Å²) < 4.78 is 5.61. The number of likely N-dealkylation sites (N-methyl/N-ethyl adjacent to an activating group) is 1. The number of ether oxygens (including phenoxy) is 1. The number of hydrogen-bond donors (Lipinski definition) is 2. The Labute approximate surface area is 128 Å². The molecule has 2 N–H and O–H groups in total. The molecule has 4 nitrogen and oxygen atoms in total. The van der Waals surface area contributed by atoms with E-state index in [9.17, 15) is 5.11 Å². The maximum atomic E-state index is 9.98. The Kier molecular flexibility index (Phi) is 6.49. The van der Waals surface area contributed by atoms with E-state index in [0.717, 1.165) is 18.8 Å². The molecule has 1 aromatic carbocycles. The summed E-state index contributed by atoms with van der Waals surface area (Å²) in [4.78, 5) is 2.50. The number of aliphatic hydroxyl groups is 1. The number of aliphatic hydroxyl groups excluding tert-OH is 1. The van der Waals surface area contributed by atoms with E-state index in [2.05, 4.69) is 17.1 Å². The van der Waals surface area contributed by atoms with E-state index in [1.165, 1.54) is 24.9 Å². The zero-order valence-corrected chi connectivity index (χ0v) is 13.2. The van der Waals surface area contributed by atoms with Crippen LogP contribution in [0.25, 0.3) is 0 Å². The van der Waals surface area contributed by atoms with Crippen LogP contribution >= 0.6 is 0 Å². The lowest BCUT2D eigenvalue weighted by atomic mass is 10.2. The van der Waals surface area contributed by atoms with Gasteiger partial charge in [0.05, 0.1) is 0 Å². The third-order valence-corrected chi connectivity index (χ3v) is 4.10. The molecule has 4 heteroatoms. The van der Waals surface area contributed by atoms with E-state index in [1.54, 1.807) is 0 Å². The predicted molar refractivity (Wildman–Crippen MR) is 85.8 cm³/mol.